The van der Waals surface area contributed by atoms with E-state index in [-0.39, 0.29) is 23.5 Å². The summed E-state index contributed by atoms with van der Waals surface area (Å²) in [7, 11) is -2.37. The molecule has 16 heavy (non-hydrogen) atoms. The first-order valence-corrected chi connectivity index (χ1v) is 7.25. The Hall–Kier alpha value is -0.840. The van der Waals surface area contributed by atoms with E-state index in [9.17, 15) is 13.8 Å². The van der Waals surface area contributed by atoms with Crippen molar-refractivity contribution in [3.8, 4) is 0 Å². The minimum atomic E-state index is -2.37. The highest BCUT2D eigenvalue weighted by Crippen LogP contribution is 1.91. The third-order valence-corrected chi connectivity index (χ3v) is 2.29. The second-order valence-electron chi connectivity index (χ2n) is 4.39. The maximum atomic E-state index is 10.9. The third-order valence-electron chi connectivity index (χ3n) is 1.65. The summed E-state index contributed by atoms with van der Waals surface area (Å²) in [5, 5.41) is 0. The number of hydrogen-bond donors (Lipinski definition) is 1. The van der Waals surface area contributed by atoms with Crippen molar-refractivity contribution >= 4 is 27.3 Å². The average molecular weight is 249 g/mol. The summed E-state index contributed by atoms with van der Waals surface area (Å²) in [5.74, 6) is 3.40. The van der Waals surface area contributed by atoms with Crippen LogP contribution < -0.4 is 4.72 Å². The van der Waals surface area contributed by atoms with Crippen LogP contribution in [0.25, 0.3) is 0 Å². The van der Waals surface area contributed by atoms with Gasteiger partial charge in [0.15, 0.2) is 0 Å². The van der Waals surface area contributed by atoms with Crippen molar-refractivity contribution < 1.29 is 13.8 Å². The van der Waals surface area contributed by atoms with Crippen molar-refractivity contribution in [2.24, 2.45) is 11.8 Å². The van der Waals surface area contributed by atoms with Gasteiger partial charge in [0, 0.05) is 27.8 Å². The van der Waals surface area contributed by atoms with E-state index in [4.69, 9.17) is 0 Å². The van der Waals surface area contributed by atoms with E-state index in [0.29, 0.717) is 0 Å². The molecule has 1 amide bonds. The van der Waals surface area contributed by atoms with Crippen LogP contribution in [0.2, 0.25) is 0 Å². The van der Waals surface area contributed by atoms with Crippen LogP contribution in [0.1, 0.15) is 34.6 Å². The molecular formula is C11H23NO3S. The molecule has 0 aromatic rings. The lowest BCUT2D eigenvalue weighted by Crippen LogP contribution is -2.32. The zero-order valence-corrected chi connectivity index (χ0v) is 11.8. The average Bonchev–Trinajstić information content (AvgIpc) is 2.01. The van der Waals surface area contributed by atoms with Gasteiger partial charge in [-0.05, 0) is 12.8 Å². The van der Waals surface area contributed by atoms with Crippen LogP contribution in [0, 0.1) is 11.8 Å². The van der Waals surface area contributed by atoms with Crippen molar-refractivity contribution in [2.75, 3.05) is 6.26 Å². The van der Waals surface area contributed by atoms with Gasteiger partial charge in [0.25, 0.3) is 0 Å². The van der Waals surface area contributed by atoms with Crippen LogP contribution in [0.15, 0.2) is 0 Å². The highest BCUT2D eigenvalue weighted by Gasteiger charge is 2.07. The number of amides is 1. The van der Waals surface area contributed by atoms with Crippen molar-refractivity contribution in [1.82, 2.24) is 4.72 Å². The van der Waals surface area contributed by atoms with Gasteiger partial charge in [-0.3, -0.25) is 14.3 Å². The third kappa shape index (κ3) is 13.2. The van der Waals surface area contributed by atoms with Gasteiger partial charge in [0.05, 0.1) is 0 Å². The van der Waals surface area contributed by atoms with Crippen molar-refractivity contribution in [2.45, 2.75) is 34.6 Å². The summed E-state index contributed by atoms with van der Waals surface area (Å²) in [5.41, 5.74) is 0. The normalized spacial score (nSPS) is 13.8. The molecule has 0 aromatic carbocycles. The molecule has 0 aliphatic carbocycles. The number of carbonyl (C=O) groups is 2. The Morgan fingerprint density at radius 1 is 1.12 bits per heavy atom. The molecule has 0 saturated heterocycles. The summed E-state index contributed by atoms with van der Waals surface area (Å²) in [6, 6.07) is 0. The van der Waals surface area contributed by atoms with Gasteiger partial charge >= 0.3 is 0 Å². The summed E-state index contributed by atoms with van der Waals surface area (Å²) in [6.07, 6.45) is 1.40. The topological polar surface area (TPSA) is 63.2 Å². The predicted octanol–water partition coefficient (Wildman–Crippen LogP) is 1.25. The molecule has 0 saturated carbocycles. The van der Waals surface area contributed by atoms with Gasteiger partial charge in [0.2, 0.25) is 5.91 Å². The minimum Gasteiger partial charge on any atom is -0.300 e. The van der Waals surface area contributed by atoms with Crippen LogP contribution in [0.5, 0.6) is 0 Å². The Morgan fingerprint density at radius 3 is 1.50 bits per heavy atom. The maximum absolute atomic E-state index is 10.9. The monoisotopic (exact) mass is 249 g/mol. The van der Waals surface area contributed by atoms with Gasteiger partial charge in [0.1, 0.15) is 5.78 Å². The van der Waals surface area contributed by atoms with Crippen LogP contribution >= 0.6 is 0 Å². The first kappa shape index (κ1) is 17.6. The molecule has 0 spiro atoms. The maximum Gasteiger partial charge on any atom is 0.233 e. The molecule has 96 valence electrons. The molecule has 4 nitrogen and oxygen atoms in total. The second kappa shape index (κ2) is 7.44. The molecular weight excluding hydrogens is 226 g/mol. The Kier molecular flexibility index (Phi) is 8.16. The first-order chi connectivity index (χ1) is 6.97. The minimum absolute atomic E-state index is 0.137. The van der Waals surface area contributed by atoms with Crippen LogP contribution in [0.3, 0.4) is 0 Å². The van der Waals surface area contributed by atoms with E-state index in [0.717, 1.165) is 0 Å². The van der Waals surface area contributed by atoms with E-state index >= 15 is 0 Å². The zero-order chi connectivity index (χ0) is 13.5. The Bertz CT molecular complexity index is 329. The summed E-state index contributed by atoms with van der Waals surface area (Å²) in [4.78, 5) is 21.0. The second-order valence-corrected chi connectivity index (χ2v) is 6.61. The first-order valence-electron chi connectivity index (χ1n) is 5.11. The molecule has 1 N–H and O–H groups in total. The lowest BCUT2D eigenvalue weighted by atomic mass is 10.1. The van der Waals surface area contributed by atoms with Crippen molar-refractivity contribution in [3.63, 3.8) is 0 Å². The fourth-order valence-corrected chi connectivity index (χ4v) is 0.992. The molecule has 1 atom stereocenters. The lowest BCUT2D eigenvalue weighted by Gasteiger charge is -2.07. The number of rotatable bonds is 3. The van der Waals surface area contributed by atoms with E-state index in [1.165, 1.54) is 6.26 Å². The fourth-order valence-electron chi connectivity index (χ4n) is 0.331. The van der Waals surface area contributed by atoms with E-state index in [1.807, 2.05) is 13.8 Å². The number of nitrogens with one attached hydrogen (secondary N) is 1. The quantitative estimate of drug-likeness (QED) is 0.766. The van der Waals surface area contributed by atoms with Gasteiger partial charge < -0.3 is 0 Å². The Balaban J connectivity index is 0. The molecule has 0 rings (SSSR count). The van der Waals surface area contributed by atoms with Gasteiger partial charge in [-0.1, -0.05) is 27.7 Å². The number of Topliss-reactive ketones (excluding diaryl/α,β-unsaturated/α-hetero) is 1. The highest BCUT2D eigenvalue weighted by atomic mass is 32.2. The highest BCUT2D eigenvalue weighted by molar-refractivity contribution is 7.98. The van der Waals surface area contributed by atoms with E-state index in [2.05, 4.69) is 10.6 Å². The van der Waals surface area contributed by atoms with Gasteiger partial charge in [-0.2, -0.15) is 0 Å². The van der Waals surface area contributed by atoms with Gasteiger partial charge in [-0.25, -0.2) is 4.21 Å². The summed E-state index contributed by atoms with van der Waals surface area (Å²) < 4.78 is 13.2. The molecule has 0 heterocycles. The lowest BCUT2D eigenvalue weighted by molar-refractivity contribution is -0.122. The number of ketones is 1. The molecule has 1 unspecified atom stereocenters. The number of hydrogen-bond acceptors (Lipinski definition) is 3. The van der Waals surface area contributed by atoms with Crippen LogP contribution in [-0.4, -0.2) is 28.0 Å². The largest absolute Gasteiger partial charge is 0.300 e. The molecule has 0 bridgehead atoms. The predicted molar refractivity (Wildman–Crippen MR) is 69.7 cm³/mol. The Morgan fingerprint density at radius 2 is 1.44 bits per heavy atom. The van der Waals surface area contributed by atoms with Crippen molar-refractivity contribution in [1.29, 1.82) is 0 Å². The zero-order valence-electron chi connectivity index (χ0n) is 11.0. The van der Waals surface area contributed by atoms with E-state index in [1.54, 1.807) is 20.8 Å². The van der Waals surface area contributed by atoms with Crippen LogP contribution in [0.4, 0.5) is 0 Å². The molecule has 0 aliphatic heterocycles. The van der Waals surface area contributed by atoms with Crippen molar-refractivity contribution in [3.05, 3.63) is 0 Å². The molecule has 0 radical (unpaired) electrons. The smallest absolute Gasteiger partial charge is 0.233 e. The molecule has 0 aliphatic rings. The molecule has 0 fully saturated rings. The molecule has 0 aromatic heterocycles. The molecule has 5 heteroatoms. The van der Waals surface area contributed by atoms with E-state index < -0.39 is 9.71 Å². The summed E-state index contributed by atoms with van der Waals surface area (Å²) in [6.45, 7) is 8.86. The standard InChI is InChI=1S/C6H13NO2S.C5H10O/c1-5(2)6(8)7-10(3,4)9;1-4(2)5(3)6/h5H,3H2,1-2,4H3,(H,7,8,9);4H,1-3H3. The Labute approximate surface area is 98.9 Å². The van der Waals surface area contributed by atoms with Crippen LogP contribution in [-0.2, 0) is 19.3 Å². The van der Waals surface area contributed by atoms with Gasteiger partial charge in [-0.15, -0.1) is 0 Å². The SMILES string of the molecule is C=S(C)(=O)NC(=O)C(C)C.CC(=O)C(C)C. The summed E-state index contributed by atoms with van der Waals surface area (Å²) >= 11 is 0. The fraction of sp³-hybridized carbons (Fsp3) is 0.727. The number of carbonyl (C=O) groups excluding carboxylic acids is 2.